The molecule has 0 aromatic heterocycles. The molecule has 0 amide bonds. The van der Waals surface area contributed by atoms with Gasteiger partial charge in [-0.3, -0.25) is 0 Å². The molecule has 0 unspecified atom stereocenters. The lowest BCUT2D eigenvalue weighted by Gasteiger charge is -2.06. The number of nitrogens with zero attached hydrogens (tertiary/aromatic N) is 1. The zero-order valence-electron chi connectivity index (χ0n) is 5.07. The number of hydrogen-bond acceptors (Lipinski definition) is 2. The first kappa shape index (κ1) is 6.92. The molecule has 0 rings (SSSR count). The molecule has 43 valence electrons. The minimum Gasteiger partial charge on any atom is -0.314 e. The van der Waals surface area contributed by atoms with E-state index < -0.39 is 0 Å². The van der Waals surface area contributed by atoms with Crippen molar-refractivity contribution < 1.29 is 0 Å². The van der Waals surface area contributed by atoms with Gasteiger partial charge in [0.1, 0.15) is 0 Å². The third-order valence-corrected chi connectivity index (χ3v) is 0.736. The van der Waals surface area contributed by atoms with Gasteiger partial charge in [0.15, 0.2) is 0 Å². The first-order valence-corrected chi connectivity index (χ1v) is 2.42. The lowest BCUT2D eigenvalue weighted by atomic mass is 10.6. The second-order valence-electron chi connectivity index (χ2n) is 1.80. The summed E-state index contributed by atoms with van der Waals surface area (Å²) in [4.78, 5) is 2.11. The van der Waals surface area contributed by atoms with Gasteiger partial charge in [0, 0.05) is 20.1 Å². The normalized spacial score (nSPS) is 10.3. The minimum atomic E-state index is 0.965. The molecule has 0 aliphatic carbocycles. The summed E-state index contributed by atoms with van der Waals surface area (Å²) in [6.45, 7) is 2.02. The molecule has 0 fully saturated rings. The Morgan fingerprint density at radius 3 is 2.29 bits per heavy atom. The van der Waals surface area contributed by atoms with E-state index in [2.05, 4.69) is 17.3 Å². The summed E-state index contributed by atoms with van der Waals surface area (Å²) >= 11 is 0. The van der Waals surface area contributed by atoms with Crippen LogP contribution in [-0.4, -0.2) is 32.1 Å². The fraction of sp³-hybridized carbons (Fsp3) is 0.800. The number of nitrogens with one attached hydrogen (secondary N) is 1. The van der Waals surface area contributed by atoms with Crippen LogP contribution in [0, 0.1) is 7.05 Å². The summed E-state index contributed by atoms with van der Waals surface area (Å²) in [6, 6.07) is 0. The fourth-order valence-electron chi connectivity index (χ4n) is 0.303. The molecule has 7 heavy (non-hydrogen) atoms. The van der Waals surface area contributed by atoms with E-state index in [1.54, 1.807) is 0 Å². The molecule has 0 saturated heterocycles. The SMILES string of the molecule is [CH2]NCCN(C)C. The van der Waals surface area contributed by atoms with Crippen molar-refractivity contribution in [1.29, 1.82) is 0 Å². The molecule has 0 saturated carbocycles. The highest BCUT2D eigenvalue weighted by molar-refractivity contribution is 4.45. The maximum Gasteiger partial charge on any atom is 0.0101 e. The van der Waals surface area contributed by atoms with Crippen LogP contribution < -0.4 is 5.32 Å². The molecule has 0 aliphatic rings. The Hall–Kier alpha value is -0.0800. The van der Waals surface area contributed by atoms with E-state index >= 15 is 0 Å². The number of rotatable bonds is 3. The van der Waals surface area contributed by atoms with Gasteiger partial charge in [-0.1, -0.05) is 0 Å². The van der Waals surface area contributed by atoms with E-state index in [0.717, 1.165) is 13.1 Å². The van der Waals surface area contributed by atoms with Crippen molar-refractivity contribution in [3.8, 4) is 0 Å². The summed E-state index contributed by atoms with van der Waals surface area (Å²) in [5.41, 5.74) is 0. The van der Waals surface area contributed by atoms with Crippen LogP contribution in [0.2, 0.25) is 0 Å². The third kappa shape index (κ3) is 5.92. The van der Waals surface area contributed by atoms with Crippen molar-refractivity contribution in [1.82, 2.24) is 10.2 Å². The van der Waals surface area contributed by atoms with E-state index in [0.29, 0.717) is 0 Å². The van der Waals surface area contributed by atoms with Gasteiger partial charge in [0.05, 0.1) is 0 Å². The van der Waals surface area contributed by atoms with Gasteiger partial charge in [0.2, 0.25) is 0 Å². The molecule has 0 aromatic rings. The summed E-state index contributed by atoms with van der Waals surface area (Å²) in [6.07, 6.45) is 0. The summed E-state index contributed by atoms with van der Waals surface area (Å²) < 4.78 is 0. The lowest BCUT2D eigenvalue weighted by molar-refractivity contribution is 0.410. The lowest BCUT2D eigenvalue weighted by Crippen LogP contribution is -2.22. The van der Waals surface area contributed by atoms with Crippen molar-refractivity contribution in [3.05, 3.63) is 7.05 Å². The molecule has 0 aromatic carbocycles. The molecule has 0 aliphatic heterocycles. The zero-order chi connectivity index (χ0) is 5.70. The zero-order valence-corrected chi connectivity index (χ0v) is 5.07. The largest absolute Gasteiger partial charge is 0.314 e. The van der Waals surface area contributed by atoms with Crippen molar-refractivity contribution in [2.75, 3.05) is 27.2 Å². The Labute approximate surface area is 45.5 Å². The summed E-state index contributed by atoms with van der Waals surface area (Å²) in [5, 5.41) is 2.81. The molecule has 1 radical (unpaired) electrons. The Kier molecular flexibility index (Phi) is 4.04. The smallest absolute Gasteiger partial charge is 0.0101 e. The van der Waals surface area contributed by atoms with Gasteiger partial charge in [-0.2, -0.15) is 0 Å². The summed E-state index contributed by atoms with van der Waals surface area (Å²) in [7, 11) is 7.56. The molecule has 0 bridgehead atoms. The predicted octanol–water partition coefficient (Wildman–Crippen LogP) is -0.0708. The van der Waals surface area contributed by atoms with Gasteiger partial charge in [-0.15, -0.1) is 0 Å². The standard InChI is InChI=1S/C5H13N2/c1-6-4-5-7(2)3/h6H,1,4-5H2,2-3H3. The van der Waals surface area contributed by atoms with Crippen molar-refractivity contribution in [2.24, 2.45) is 0 Å². The number of hydrogen-bond donors (Lipinski definition) is 1. The van der Waals surface area contributed by atoms with Crippen LogP contribution >= 0.6 is 0 Å². The van der Waals surface area contributed by atoms with Gasteiger partial charge in [0.25, 0.3) is 0 Å². The van der Waals surface area contributed by atoms with E-state index in [4.69, 9.17) is 0 Å². The second-order valence-corrected chi connectivity index (χ2v) is 1.80. The van der Waals surface area contributed by atoms with Crippen LogP contribution in [0.5, 0.6) is 0 Å². The third-order valence-electron chi connectivity index (χ3n) is 0.736. The quantitative estimate of drug-likeness (QED) is 0.535. The van der Waals surface area contributed by atoms with Crippen LogP contribution in [0.3, 0.4) is 0 Å². The van der Waals surface area contributed by atoms with E-state index in [-0.39, 0.29) is 0 Å². The molecule has 0 heterocycles. The van der Waals surface area contributed by atoms with Crippen LogP contribution in [-0.2, 0) is 0 Å². The minimum absolute atomic E-state index is 0.965. The molecular weight excluding hydrogens is 88.1 g/mol. The highest BCUT2D eigenvalue weighted by Gasteiger charge is 1.82. The highest BCUT2D eigenvalue weighted by Crippen LogP contribution is 1.67. The van der Waals surface area contributed by atoms with Gasteiger partial charge in [-0.05, 0) is 14.1 Å². The highest BCUT2D eigenvalue weighted by atomic mass is 15.1. The average Bonchev–Trinajstić information content (AvgIpc) is 1.61. The van der Waals surface area contributed by atoms with Crippen molar-refractivity contribution in [2.45, 2.75) is 0 Å². The maximum absolute atomic E-state index is 3.48. The van der Waals surface area contributed by atoms with Crippen LogP contribution in [0.25, 0.3) is 0 Å². The molecule has 2 nitrogen and oxygen atoms in total. The van der Waals surface area contributed by atoms with Crippen LogP contribution in [0.4, 0.5) is 0 Å². The van der Waals surface area contributed by atoms with E-state index in [9.17, 15) is 0 Å². The molecule has 0 spiro atoms. The molecular formula is C5H13N2. The topological polar surface area (TPSA) is 15.3 Å². The Morgan fingerprint density at radius 2 is 2.14 bits per heavy atom. The van der Waals surface area contributed by atoms with Gasteiger partial charge >= 0.3 is 0 Å². The average molecular weight is 101 g/mol. The second kappa shape index (κ2) is 4.09. The Balaban J connectivity index is 2.68. The molecule has 0 atom stereocenters. The first-order chi connectivity index (χ1) is 3.27. The molecule has 2 heteroatoms. The number of likely N-dealkylation sites (N-methyl/N-ethyl adjacent to an activating group) is 1. The van der Waals surface area contributed by atoms with Gasteiger partial charge < -0.3 is 10.2 Å². The fourth-order valence-corrected chi connectivity index (χ4v) is 0.303. The predicted molar refractivity (Wildman–Crippen MR) is 31.9 cm³/mol. The summed E-state index contributed by atoms with van der Waals surface area (Å²) in [5.74, 6) is 0. The van der Waals surface area contributed by atoms with E-state index in [1.165, 1.54) is 0 Å². The monoisotopic (exact) mass is 101 g/mol. The maximum atomic E-state index is 3.48. The molecule has 1 N–H and O–H groups in total. The van der Waals surface area contributed by atoms with Crippen molar-refractivity contribution >= 4 is 0 Å². The van der Waals surface area contributed by atoms with E-state index in [1.807, 2.05) is 14.1 Å². The van der Waals surface area contributed by atoms with Crippen LogP contribution in [0.1, 0.15) is 0 Å². The first-order valence-electron chi connectivity index (χ1n) is 2.42. The Bertz CT molecular complexity index is 35.1. The van der Waals surface area contributed by atoms with Crippen molar-refractivity contribution in [3.63, 3.8) is 0 Å². The Morgan fingerprint density at radius 1 is 1.57 bits per heavy atom. The van der Waals surface area contributed by atoms with Crippen LogP contribution in [0.15, 0.2) is 0 Å². The van der Waals surface area contributed by atoms with Gasteiger partial charge in [-0.25, -0.2) is 0 Å².